The van der Waals surface area contributed by atoms with Crippen LogP contribution in [0.25, 0.3) is 0 Å². The summed E-state index contributed by atoms with van der Waals surface area (Å²) < 4.78 is 46.7. The van der Waals surface area contributed by atoms with Gasteiger partial charge in [-0.05, 0) is 65.2 Å². The Morgan fingerprint density at radius 1 is 0.889 bits per heavy atom. The van der Waals surface area contributed by atoms with Crippen molar-refractivity contribution >= 4 is 37.0 Å². The highest BCUT2D eigenvalue weighted by Crippen LogP contribution is 2.56. The minimum Gasteiger partial charge on any atom is -0.394 e. The average molecular weight is 839 g/mol. The van der Waals surface area contributed by atoms with Gasteiger partial charge in [-0.1, -0.05) is 0 Å². The van der Waals surface area contributed by atoms with E-state index in [1.807, 2.05) is 38.4 Å². The lowest BCUT2D eigenvalue weighted by Gasteiger charge is -2.39. The Morgan fingerprint density at radius 2 is 1.41 bits per heavy atom. The number of nitriles is 1. The van der Waals surface area contributed by atoms with E-state index in [-0.39, 0.29) is 68.9 Å². The van der Waals surface area contributed by atoms with Crippen molar-refractivity contribution in [3.8, 4) is 6.07 Å². The van der Waals surface area contributed by atoms with Gasteiger partial charge < -0.3 is 42.3 Å². The minimum absolute atomic E-state index is 0.00258. The predicted molar refractivity (Wildman–Crippen MR) is 202 cm³/mol. The van der Waals surface area contributed by atoms with Crippen LogP contribution in [0, 0.1) is 25.2 Å². The van der Waals surface area contributed by atoms with E-state index in [0.29, 0.717) is 0 Å². The molecule has 0 aromatic carbocycles. The SMILES string of the molecule is Cc1cn(C2CC(O)C(COP(=S)(OCCOP(=S)(OCCC#N)N(C(C)C)C(C)C)OC3CC(n4cc(C)c(=O)[nH]c4=O)OC3CO)O2)c(=O)[nH]c1=O. The molecule has 19 nitrogen and oxygen atoms in total. The highest BCUT2D eigenvalue weighted by Gasteiger charge is 2.43. The molecule has 0 amide bonds. The normalized spacial score (nSPS) is 25.3. The van der Waals surface area contributed by atoms with Crippen LogP contribution in [0.2, 0.25) is 0 Å². The Bertz CT molecular complexity index is 1970. The number of aromatic amines is 2. The second-order valence-corrected chi connectivity index (χ2v) is 19.5. The number of nitrogens with zero attached hydrogens (tertiary/aromatic N) is 4. The maximum Gasteiger partial charge on any atom is 0.330 e. The van der Waals surface area contributed by atoms with E-state index < -0.39 is 79.3 Å². The number of H-pyrrole nitrogens is 2. The molecular formula is C31H48N6O13P2S2. The summed E-state index contributed by atoms with van der Waals surface area (Å²) in [7, 11) is 0. The van der Waals surface area contributed by atoms with Gasteiger partial charge in [0.25, 0.3) is 17.8 Å². The van der Waals surface area contributed by atoms with Crippen LogP contribution in [0.5, 0.6) is 0 Å². The monoisotopic (exact) mass is 838 g/mol. The molecule has 2 aliphatic rings. The number of hydrogen-bond acceptors (Lipinski definition) is 16. The number of aliphatic hydroxyl groups is 2. The molecule has 0 bridgehead atoms. The zero-order valence-electron chi connectivity index (χ0n) is 30.8. The molecule has 0 aliphatic carbocycles. The average Bonchev–Trinajstić information content (AvgIpc) is 3.67. The Kier molecular flexibility index (Phi) is 15.9. The minimum atomic E-state index is -3.84. The summed E-state index contributed by atoms with van der Waals surface area (Å²) >= 11 is 11.8. The van der Waals surface area contributed by atoms with Crippen LogP contribution >= 0.6 is 13.4 Å². The van der Waals surface area contributed by atoms with E-state index >= 15 is 0 Å². The van der Waals surface area contributed by atoms with Crippen LogP contribution in [0.1, 0.15) is 70.5 Å². The first-order chi connectivity index (χ1) is 25.4. The third-order valence-electron chi connectivity index (χ3n) is 8.53. The standard InChI is InChI=1S/C31H48N6O13P2S2/c1-18(2)37(19(3)4)51(53,44-9-7-8-32)45-10-11-46-52(54,47-17-25-22(39)12-26(49-25)35-14-20(5)28(40)33-30(35)42)50-23-13-27(48-24(23)16-38)36-15-21(6)29(41)34-31(36)43/h14-15,18-19,22-27,38-39H,7,9-13,16-17H2,1-6H3,(H,33,40,42)(H,34,41,43). The first-order valence-corrected chi connectivity index (χ1v) is 22.4. The smallest absolute Gasteiger partial charge is 0.330 e. The molecule has 2 aromatic rings. The van der Waals surface area contributed by atoms with Crippen molar-refractivity contribution in [2.24, 2.45) is 0 Å². The Balaban J connectivity index is 1.54. The van der Waals surface area contributed by atoms with E-state index in [4.69, 9.17) is 61.0 Å². The molecule has 8 atom stereocenters. The molecule has 0 spiro atoms. The molecule has 2 aliphatic heterocycles. The Hall–Kier alpha value is -2.25. The molecule has 23 heteroatoms. The fourth-order valence-corrected chi connectivity index (χ4v) is 11.8. The zero-order valence-corrected chi connectivity index (χ0v) is 34.2. The fraction of sp³-hybridized carbons (Fsp3) is 0.710. The quantitative estimate of drug-likeness (QED) is 0.116. The van der Waals surface area contributed by atoms with Gasteiger partial charge in [-0.3, -0.25) is 28.7 Å². The summed E-state index contributed by atoms with van der Waals surface area (Å²) in [5, 5.41) is 30.2. The van der Waals surface area contributed by atoms with Crippen molar-refractivity contribution in [3.05, 3.63) is 65.2 Å². The molecule has 0 saturated carbocycles. The highest BCUT2D eigenvalue weighted by molar-refractivity contribution is 8.08. The van der Waals surface area contributed by atoms with E-state index in [1.54, 1.807) is 0 Å². The van der Waals surface area contributed by atoms with Gasteiger partial charge in [0, 0.05) is 48.4 Å². The van der Waals surface area contributed by atoms with Gasteiger partial charge in [-0.15, -0.1) is 0 Å². The maximum atomic E-state index is 12.6. The van der Waals surface area contributed by atoms with Crippen molar-refractivity contribution < 1.29 is 42.3 Å². The second kappa shape index (κ2) is 19.3. The number of hydrogen-bond donors (Lipinski definition) is 4. The lowest BCUT2D eigenvalue weighted by atomic mass is 10.2. The van der Waals surface area contributed by atoms with Gasteiger partial charge in [-0.2, -0.15) is 5.26 Å². The van der Waals surface area contributed by atoms with E-state index in [0.717, 1.165) is 0 Å². The van der Waals surface area contributed by atoms with Crippen LogP contribution in [-0.4, -0.2) is 104 Å². The van der Waals surface area contributed by atoms with Crippen molar-refractivity contribution in [2.45, 2.75) is 110 Å². The van der Waals surface area contributed by atoms with Gasteiger partial charge in [0.2, 0.25) is 0 Å². The fourth-order valence-electron chi connectivity index (χ4n) is 6.05. The van der Waals surface area contributed by atoms with Crippen LogP contribution < -0.4 is 22.5 Å². The van der Waals surface area contributed by atoms with Crippen molar-refractivity contribution in [1.82, 2.24) is 23.8 Å². The number of nitrogens with one attached hydrogen (secondary N) is 2. The summed E-state index contributed by atoms with van der Waals surface area (Å²) in [6, 6.07) is 1.92. The van der Waals surface area contributed by atoms with E-state index in [2.05, 4.69) is 9.97 Å². The first kappa shape index (κ1) is 44.5. The molecule has 2 aromatic heterocycles. The second-order valence-electron chi connectivity index (χ2n) is 13.3. The van der Waals surface area contributed by atoms with Crippen LogP contribution in [-0.2, 0) is 55.7 Å². The van der Waals surface area contributed by atoms with Crippen LogP contribution in [0.15, 0.2) is 31.6 Å². The topological polar surface area (TPSA) is 242 Å². The number of aromatic nitrogens is 4. The summed E-state index contributed by atoms with van der Waals surface area (Å²) in [5.41, 5.74) is -2.00. The van der Waals surface area contributed by atoms with Crippen LogP contribution in [0.4, 0.5) is 0 Å². The van der Waals surface area contributed by atoms with Gasteiger partial charge in [0.1, 0.15) is 24.7 Å². The molecule has 0 radical (unpaired) electrons. The lowest BCUT2D eigenvalue weighted by Crippen LogP contribution is -2.35. The lowest BCUT2D eigenvalue weighted by molar-refractivity contribution is -0.0552. The van der Waals surface area contributed by atoms with Crippen molar-refractivity contribution in [3.63, 3.8) is 0 Å². The predicted octanol–water partition coefficient (Wildman–Crippen LogP) is 1.56. The summed E-state index contributed by atoms with van der Waals surface area (Å²) in [6.45, 7) is 2.75. The van der Waals surface area contributed by atoms with Crippen LogP contribution in [0.3, 0.4) is 0 Å². The molecular weight excluding hydrogens is 790 g/mol. The Labute approximate surface area is 321 Å². The maximum absolute atomic E-state index is 12.6. The first-order valence-electron chi connectivity index (χ1n) is 17.3. The van der Waals surface area contributed by atoms with Gasteiger partial charge in [0.05, 0.1) is 57.7 Å². The molecule has 302 valence electrons. The van der Waals surface area contributed by atoms with Gasteiger partial charge >= 0.3 is 18.1 Å². The molecule has 4 N–H and O–H groups in total. The largest absolute Gasteiger partial charge is 0.394 e. The third kappa shape index (κ3) is 11.0. The van der Waals surface area contributed by atoms with Gasteiger partial charge in [-0.25, -0.2) is 14.3 Å². The van der Waals surface area contributed by atoms with E-state index in [9.17, 15) is 29.4 Å². The molecule has 2 fully saturated rings. The van der Waals surface area contributed by atoms with Gasteiger partial charge in [0.15, 0.2) is 0 Å². The summed E-state index contributed by atoms with van der Waals surface area (Å²) in [4.78, 5) is 53.4. The zero-order chi connectivity index (χ0) is 40.0. The third-order valence-corrected chi connectivity index (χ3v) is 14.6. The molecule has 54 heavy (non-hydrogen) atoms. The molecule has 8 unspecified atom stereocenters. The van der Waals surface area contributed by atoms with Crippen molar-refractivity contribution in [2.75, 3.05) is 33.0 Å². The number of aliphatic hydroxyl groups excluding tert-OH is 2. The van der Waals surface area contributed by atoms with E-state index in [1.165, 1.54) is 35.4 Å². The Morgan fingerprint density at radius 3 is 1.94 bits per heavy atom. The summed E-state index contributed by atoms with van der Waals surface area (Å²) in [5.74, 6) is 0. The number of rotatable bonds is 19. The number of aryl methyl sites for hydroxylation is 2. The summed E-state index contributed by atoms with van der Waals surface area (Å²) in [6.07, 6.45) is -3.16. The molecule has 2 saturated heterocycles. The highest BCUT2D eigenvalue weighted by atomic mass is 32.5. The molecule has 4 heterocycles. The van der Waals surface area contributed by atoms with Crippen molar-refractivity contribution in [1.29, 1.82) is 5.26 Å². The molecule has 4 rings (SSSR count). The number of ether oxygens (including phenoxy) is 2.